The summed E-state index contributed by atoms with van der Waals surface area (Å²) in [6.45, 7) is 12.9. The van der Waals surface area contributed by atoms with Crippen molar-refractivity contribution in [3.63, 3.8) is 0 Å². The van der Waals surface area contributed by atoms with E-state index in [1.165, 1.54) is 5.56 Å². The second-order valence-electron chi connectivity index (χ2n) is 7.11. The predicted molar refractivity (Wildman–Crippen MR) is 100 cm³/mol. The molecule has 1 aromatic carbocycles. The first kappa shape index (κ1) is 17.2. The summed E-state index contributed by atoms with van der Waals surface area (Å²) < 4.78 is 5.98. The second-order valence-corrected chi connectivity index (χ2v) is 8.08. The molecule has 3 rings (SSSR count). The quantitative estimate of drug-likeness (QED) is 0.447. The molecule has 4 heteroatoms. The first-order valence-electron chi connectivity index (χ1n) is 8.22. The maximum Gasteiger partial charge on any atom is 0.160 e. The molecule has 1 aliphatic rings. The molecule has 126 valence electrons. The van der Waals surface area contributed by atoms with E-state index in [1.54, 1.807) is 11.8 Å². The van der Waals surface area contributed by atoms with E-state index < -0.39 is 0 Å². The van der Waals surface area contributed by atoms with Crippen molar-refractivity contribution in [2.45, 2.75) is 51.3 Å². The summed E-state index contributed by atoms with van der Waals surface area (Å²) in [6.07, 6.45) is 0.810. The van der Waals surface area contributed by atoms with Crippen molar-refractivity contribution in [3.05, 3.63) is 53.2 Å². The summed E-state index contributed by atoms with van der Waals surface area (Å²) in [5.41, 5.74) is 5.51. The molecule has 0 atom stereocenters. The molecule has 0 amide bonds. The first-order valence-corrected chi connectivity index (χ1v) is 9.20. The summed E-state index contributed by atoms with van der Waals surface area (Å²) in [6, 6.07) is 8.39. The summed E-state index contributed by atoms with van der Waals surface area (Å²) in [5.74, 6) is 1.66. The van der Waals surface area contributed by atoms with Gasteiger partial charge in [-0.3, -0.25) is 0 Å². The lowest BCUT2D eigenvalue weighted by molar-refractivity contribution is -0.0428. The molecule has 0 N–H and O–H groups in total. The number of thioether (sulfide) groups is 1. The van der Waals surface area contributed by atoms with Crippen LogP contribution >= 0.6 is 11.8 Å². The van der Waals surface area contributed by atoms with Crippen LogP contribution in [0.5, 0.6) is 0 Å². The van der Waals surface area contributed by atoms with Crippen LogP contribution in [0.1, 0.15) is 37.6 Å². The van der Waals surface area contributed by atoms with Crippen molar-refractivity contribution in [1.29, 1.82) is 0 Å². The molecule has 2 heterocycles. The van der Waals surface area contributed by atoms with Gasteiger partial charge in [-0.25, -0.2) is 9.97 Å². The molecule has 0 spiro atoms. The fourth-order valence-corrected chi connectivity index (χ4v) is 3.55. The van der Waals surface area contributed by atoms with E-state index in [1.807, 2.05) is 6.92 Å². The normalized spacial score (nSPS) is 15.8. The van der Waals surface area contributed by atoms with Crippen LogP contribution in [0.4, 0.5) is 0 Å². The van der Waals surface area contributed by atoms with Crippen LogP contribution in [0.3, 0.4) is 0 Å². The molecule has 0 saturated heterocycles. The highest BCUT2D eigenvalue weighted by atomic mass is 32.2. The maximum atomic E-state index is 5.98. The lowest BCUT2D eigenvalue weighted by Gasteiger charge is -2.32. The molecule has 24 heavy (non-hydrogen) atoms. The highest BCUT2D eigenvalue weighted by Gasteiger charge is 2.30. The number of hydrogen-bond acceptors (Lipinski definition) is 4. The van der Waals surface area contributed by atoms with Crippen LogP contribution in [0.2, 0.25) is 0 Å². The Morgan fingerprint density at radius 3 is 2.62 bits per heavy atom. The molecular formula is C20H24N2OS. The maximum absolute atomic E-state index is 5.98. The molecule has 1 aromatic heterocycles. The average Bonchev–Trinajstić information content (AvgIpc) is 2.51. The number of ether oxygens (including phenoxy) is 1. The van der Waals surface area contributed by atoms with Crippen molar-refractivity contribution in [1.82, 2.24) is 9.97 Å². The molecule has 0 saturated carbocycles. The van der Waals surface area contributed by atoms with Gasteiger partial charge in [0.1, 0.15) is 5.03 Å². The van der Waals surface area contributed by atoms with Gasteiger partial charge in [-0.2, -0.15) is 0 Å². The van der Waals surface area contributed by atoms with E-state index in [0.29, 0.717) is 6.61 Å². The molecule has 2 aromatic rings. The van der Waals surface area contributed by atoms with Gasteiger partial charge < -0.3 is 4.74 Å². The van der Waals surface area contributed by atoms with Crippen molar-refractivity contribution in [3.8, 4) is 11.4 Å². The minimum atomic E-state index is -0.178. The highest BCUT2D eigenvalue weighted by Crippen LogP contribution is 2.34. The van der Waals surface area contributed by atoms with Gasteiger partial charge in [0.2, 0.25) is 0 Å². The molecule has 0 fully saturated rings. The van der Waals surface area contributed by atoms with Crippen LogP contribution in [0, 0.1) is 6.92 Å². The lowest BCUT2D eigenvalue weighted by atomic mass is 9.96. The van der Waals surface area contributed by atoms with Gasteiger partial charge in [-0.05, 0) is 27.7 Å². The van der Waals surface area contributed by atoms with Crippen LogP contribution in [-0.4, -0.2) is 21.3 Å². The average molecular weight is 340 g/mol. The molecule has 0 bridgehead atoms. The zero-order valence-corrected chi connectivity index (χ0v) is 15.7. The molecule has 1 aliphatic heterocycles. The molecule has 0 radical (unpaired) electrons. The van der Waals surface area contributed by atoms with Gasteiger partial charge in [0, 0.05) is 23.3 Å². The summed E-state index contributed by atoms with van der Waals surface area (Å²) >= 11 is 1.72. The van der Waals surface area contributed by atoms with E-state index in [0.717, 1.165) is 45.4 Å². The summed E-state index contributed by atoms with van der Waals surface area (Å²) in [7, 11) is 0. The Hall–Kier alpha value is -1.65. The van der Waals surface area contributed by atoms with Gasteiger partial charge >= 0.3 is 0 Å². The predicted octanol–water partition coefficient (Wildman–Crippen LogP) is 4.97. The number of benzene rings is 1. The Balaban J connectivity index is 2.05. The first-order chi connectivity index (χ1) is 11.3. The Morgan fingerprint density at radius 2 is 1.96 bits per heavy atom. The van der Waals surface area contributed by atoms with E-state index >= 15 is 0 Å². The fraction of sp³-hybridized carbons (Fsp3) is 0.400. The van der Waals surface area contributed by atoms with Crippen LogP contribution in [0.25, 0.3) is 11.4 Å². The van der Waals surface area contributed by atoms with Gasteiger partial charge in [-0.15, -0.1) is 11.8 Å². The second kappa shape index (κ2) is 6.69. The van der Waals surface area contributed by atoms with Crippen molar-refractivity contribution in [2.24, 2.45) is 0 Å². The lowest BCUT2D eigenvalue weighted by Crippen LogP contribution is -2.33. The molecule has 0 unspecified atom stereocenters. The van der Waals surface area contributed by atoms with E-state index in [4.69, 9.17) is 14.7 Å². The van der Waals surface area contributed by atoms with Gasteiger partial charge in [0.15, 0.2) is 5.82 Å². The van der Waals surface area contributed by atoms with Crippen molar-refractivity contribution < 1.29 is 4.74 Å². The van der Waals surface area contributed by atoms with Gasteiger partial charge in [-0.1, -0.05) is 42.0 Å². The fourth-order valence-electron chi connectivity index (χ4n) is 2.66. The number of aryl methyl sites for hydroxylation is 1. The van der Waals surface area contributed by atoms with Crippen LogP contribution in [-0.2, 0) is 17.8 Å². The summed E-state index contributed by atoms with van der Waals surface area (Å²) in [4.78, 5) is 9.71. The molecular weight excluding hydrogens is 316 g/mol. The largest absolute Gasteiger partial charge is 0.370 e. The van der Waals surface area contributed by atoms with E-state index in [9.17, 15) is 0 Å². The Bertz CT molecular complexity index is 766. The van der Waals surface area contributed by atoms with E-state index in [-0.39, 0.29) is 5.60 Å². The standard InChI is InChI=1S/C20H24N2OS/c1-13(2)12-24-19-16-11-23-20(4,5)10-17(16)21-18(22-19)15-8-6-14(3)7-9-15/h6-9H,1,10-12H2,2-5H3. The highest BCUT2D eigenvalue weighted by molar-refractivity contribution is 7.99. The zero-order chi connectivity index (χ0) is 17.3. The van der Waals surface area contributed by atoms with E-state index in [2.05, 4.69) is 51.6 Å². The Labute approximate surface area is 148 Å². The third-order valence-corrected chi connectivity index (χ3v) is 5.27. The Morgan fingerprint density at radius 1 is 1.25 bits per heavy atom. The van der Waals surface area contributed by atoms with Gasteiger partial charge in [0.05, 0.1) is 17.9 Å². The number of fused-ring (bicyclic) bond motifs is 1. The molecule has 3 nitrogen and oxygen atoms in total. The van der Waals surface area contributed by atoms with Crippen molar-refractivity contribution in [2.75, 3.05) is 5.75 Å². The topological polar surface area (TPSA) is 35.0 Å². The summed E-state index contributed by atoms with van der Waals surface area (Å²) in [5, 5.41) is 1.02. The smallest absolute Gasteiger partial charge is 0.160 e. The monoisotopic (exact) mass is 340 g/mol. The van der Waals surface area contributed by atoms with Crippen molar-refractivity contribution >= 4 is 11.8 Å². The van der Waals surface area contributed by atoms with Crippen LogP contribution < -0.4 is 0 Å². The third kappa shape index (κ3) is 3.87. The SMILES string of the molecule is C=C(C)CSc1nc(-c2ccc(C)cc2)nc2c1COC(C)(C)C2. The number of rotatable bonds is 4. The Kier molecular flexibility index (Phi) is 4.79. The minimum Gasteiger partial charge on any atom is -0.370 e. The number of nitrogens with zero attached hydrogens (tertiary/aromatic N) is 2. The zero-order valence-electron chi connectivity index (χ0n) is 14.8. The third-order valence-electron chi connectivity index (χ3n) is 4.02. The molecule has 0 aliphatic carbocycles. The number of hydrogen-bond donors (Lipinski definition) is 0. The minimum absolute atomic E-state index is 0.178. The van der Waals surface area contributed by atoms with Gasteiger partial charge in [0.25, 0.3) is 0 Å². The number of aromatic nitrogens is 2. The van der Waals surface area contributed by atoms with Crippen LogP contribution in [0.15, 0.2) is 41.4 Å².